The number of carboxylic acids is 1. The number of benzene rings is 1. The van der Waals surface area contributed by atoms with Gasteiger partial charge in [-0.1, -0.05) is 6.07 Å². The highest BCUT2D eigenvalue weighted by Crippen LogP contribution is 2.31. The average Bonchev–Trinajstić information content (AvgIpc) is 2.66. The third-order valence-electron chi connectivity index (χ3n) is 2.49. The first kappa shape index (κ1) is 9.83. The molecule has 2 rings (SSSR count). The molecule has 0 saturated heterocycles. The third kappa shape index (κ3) is 1.88. The Labute approximate surface area is 87.9 Å². The molecule has 0 bridgehead atoms. The Bertz CT molecular complexity index is 389. The number of rotatable bonds is 3. The maximum Gasteiger partial charge on any atom is 0.325 e. The molecule has 1 aliphatic rings. The maximum absolute atomic E-state index is 10.7. The van der Waals surface area contributed by atoms with Crippen LogP contribution in [0.25, 0.3) is 0 Å². The first-order valence-electron chi connectivity index (χ1n) is 4.92. The zero-order valence-electron chi connectivity index (χ0n) is 8.49. The number of hydrogen-bond donors (Lipinski definition) is 2. The molecular weight excluding hydrogens is 194 g/mol. The second-order valence-electron chi connectivity index (χ2n) is 3.58. The monoisotopic (exact) mass is 207 g/mol. The molecule has 1 aromatic rings. The molecule has 1 aromatic carbocycles. The highest BCUT2D eigenvalue weighted by molar-refractivity contribution is 5.77. The largest absolute Gasteiger partial charge is 0.493 e. The number of carboxylic acid groups (broad SMARTS) is 1. The quantitative estimate of drug-likeness (QED) is 0.788. The number of fused-ring (bicyclic) bond motifs is 1. The normalized spacial score (nSPS) is 15.3. The molecule has 1 atom stereocenters. The summed E-state index contributed by atoms with van der Waals surface area (Å²) in [6, 6.07) is 5.06. The smallest absolute Gasteiger partial charge is 0.325 e. The van der Waals surface area contributed by atoms with Gasteiger partial charge in [0.25, 0.3) is 0 Å². The molecule has 0 aliphatic carbocycles. The Morgan fingerprint density at radius 3 is 3.13 bits per heavy atom. The third-order valence-corrected chi connectivity index (χ3v) is 2.49. The summed E-state index contributed by atoms with van der Waals surface area (Å²) in [6.07, 6.45) is 0.838. The second kappa shape index (κ2) is 3.81. The molecule has 0 spiro atoms. The van der Waals surface area contributed by atoms with Crippen molar-refractivity contribution in [3.8, 4) is 5.75 Å². The standard InChI is InChI=1S/C11H13NO3/c1-7(11(13)14)12-9-3-2-4-10-8(9)5-6-15-10/h2-4,7,12H,5-6H2,1H3,(H,13,14)/t7-/m0/s1. The molecule has 0 unspecified atom stereocenters. The van der Waals surface area contributed by atoms with Crippen molar-refractivity contribution in [2.75, 3.05) is 11.9 Å². The summed E-state index contributed by atoms with van der Waals surface area (Å²) in [6.45, 7) is 2.30. The van der Waals surface area contributed by atoms with Crippen molar-refractivity contribution < 1.29 is 14.6 Å². The van der Waals surface area contributed by atoms with E-state index in [2.05, 4.69) is 5.32 Å². The molecular formula is C11H13NO3. The second-order valence-corrected chi connectivity index (χ2v) is 3.58. The van der Waals surface area contributed by atoms with Crippen LogP contribution in [0.1, 0.15) is 12.5 Å². The van der Waals surface area contributed by atoms with Crippen LogP contribution in [0.4, 0.5) is 5.69 Å². The van der Waals surface area contributed by atoms with Crippen LogP contribution in [0.15, 0.2) is 18.2 Å². The van der Waals surface area contributed by atoms with Gasteiger partial charge in [0.1, 0.15) is 11.8 Å². The van der Waals surface area contributed by atoms with E-state index in [0.717, 1.165) is 23.4 Å². The van der Waals surface area contributed by atoms with Crippen LogP contribution in [0.5, 0.6) is 5.75 Å². The molecule has 2 N–H and O–H groups in total. The lowest BCUT2D eigenvalue weighted by Crippen LogP contribution is -2.25. The molecule has 1 heterocycles. The Hall–Kier alpha value is -1.71. The van der Waals surface area contributed by atoms with Gasteiger partial charge in [-0.25, -0.2) is 0 Å². The summed E-state index contributed by atoms with van der Waals surface area (Å²) < 4.78 is 5.39. The summed E-state index contributed by atoms with van der Waals surface area (Å²) in [5.74, 6) is 0.00380. The summed E-state index contributed by atoms with van der Waals surface area (Å²) in [7, 11) is 0. The van der Waals surface area contributed by atoms with Crippen LogP contribution in [0.3, 0.4) is 0 Å². The van der Waals surface area contributed by atoms with Crippen molar-refractivity contribution in [3.05, 3.63) is 23.8 Å². The van der Waals surface area contributed by atoms with Gasteiger partial charge < -0.3 is 15.2 Å². The Kier molecular flexibility index (Phi) is 2.49. The maximum atomic E-state index is 10.7. The van der Waals surface area contributed by atoms with Crippen LogP contribution in [-0.2, 0) is 11.2 Å². The molecule has 4 nitrogen and oxygen atoms in total. The number of anilines is 1. The first-order chi connectivity index (χ1) is 7.18. The predicted octanol–water partition coefficient (Wildman–Crippen LogP) is 1.51. The van der Waals surface area contributed by atoms with Gasteiger partial charge in [0.2, 0.25) is 0 Å². The molecule has 80 valence electrons. The highest BCUT2D eigenvalue weighted by Gasteiger charge is 2.18. The van der Waals surface area contributed by atoms with Gasteiger partial charge in [-0.3, -0.25) is 4.79 Å². The Balaban J connectivity index is 2.22. The van der Waals surface area contributed by atoms with Crippen molar-refractivity contribution >= 4 is 11.7 Å². The SMILES string of the molecule is C[C@H](Nc1cccc2c1CCO2)C(=O)O. The van der Waals surface area contributed by atoms with E-state index in [4.69, 9.17) is 9.84 Å². The van der Waals surface area contributed by atoms with Crippen molar-refractivity contribution in [2.45, 2.75) is 19.4 Å². The molecule has 0 aromatic heterocycles. The van der Waals surface area contributed by atoms with E-state index in [1.54, 1.807) is 6.92 Å². The van der Waals surface area contributed by atoms with Gasteiger partial charge in [0.05, 0.1) is 6.61 Å². The fourth-order valence-electron chi connectivity index (χ4n) is 1.65. The minimum Gasteiger partial charge on any atom is -0.493 e. The van der Waals surface area contributed by atoms with Crippen molar-refractivity contribution in [1.82, 2.24) is 0 Å². The van der Waals surface area contributed by atoms with E-state index in [1.165, 1.54) is 0 Å². The number of ether oxygens (including phenoxy) is 1. The zero-order valence-corrected chi connectivity index (χ0v) is 8.49. The van der Waals surface area contributed by atoms with Gasteiger partial charge in [-0.05, 0) is 19.1 Å². The van der Waals surface area contributed by atoms with Crippen LogP contribution >= 0.6 is 0 Å². The number of carbonyl (C=O) groups is 1. The van der Waals surface area contributed by atoms with Crippen molar-refractivity contribution in [2.24, 2.45) is 0 Å². The van der Waals surface area contributed by atoms with Crippen LogP contribution in [0, 0.1) is 0 Å². The number of nitrogens with one attached hydrogen (secondary N) is 1. The molecule has 4 heteroatoms. The minimum absolute atomic E-state index is 0.586. The molecule has 1 aliphatic heterocycles. The van der Waals surface area contributed by atoms with Gasteiger partial charge >= 0.3 is 5.97 Å². The van der Waals surface area contributed by atoms with Gasteiger partial charge in [0.15, 0.2) is 0 Å². The average molecular weight is 207 g/mol. The number of hydrogen-bond acceptors (Lipinski definition) is 3. The molecule has 0 saturated carbocycles. The first-order valence-corrected chi connectivity index (χ1v) is 4.92. The van der Waals surface area contributed by atoms with E-state index in [-0.39, 0.29) is 0 Å². The van der Waals surface area contributed by atoms with Gasteiger partial charge in [0, 0.05) is 17.7 Å². The summed E-state index contributed by atoms with van der Waals surface area (Å²) in [4.78, 5) is 10.7. The topological polar surface area (TPSA) is 58.6 Å². The fraction of sp³-hybridized carbons (Fsp3) is 0.364. The van der Waals surface area contributed by atoms with E-state index in [1.807, 2.05) is 18.2 Å². The Morgan fingerprint density at radius 1 is 1.60 bits per heavy atom. The van der Waals surface area contributed by atoms with E-state index >= 15 is 0 Å². The molecule has 0 radical (unpaired) electrons. The van der Waals surface area contributed by atoms with Crippen LogP contribution in [-0.4, -0.2) is 23.7 Å². The van der Waals surface area contributed by atoms with Crippen LogP contribution < -0.4 is 10.1 Å². The zero-order chi connectivity index (χ0) is 10.8. The fourth-order valence-corrected chi connectivity index (χ4v) is 1.65. The lowest BCUT2D eigenvalue weighted by molar-refractivity contribution is -0.137. The minimum atomic E-state index is -0.855. The van der Waals surface area contributed by atoms with Gasteiger partial charge in [-0.2, -0.15) is 0 Å². The highest BCUT2D eigenvalue weighted by atomic mass is 16.5. The molecule has 15 heavy (non-hydrogen) atoms. The van der Waals surface area contributed by atoms with Crippen LogP contribution in [0.2, 0.25) is 0 Å². The molecule has 0 fully saturated rings. The van der Waals surface area contributed by atoms with Crippen molar-refractivity contribution in [3.63, 3.8) is 0 Å². The predicted molar refractivity (Wildman–Crippen MR) is 56.4 cm³/mol. The summed E-state index contributed by atoms with van der Waals surface area (Å²) in [5, 5.41) is 11.8. The number of aliphatic carboxylic acids is 1. The van der Waals surface area contributed by atoms with E-state index < -0.39 is 12.0 Å². The molecule has 0 amide bonds. The van der Waals surface area contributed by atoms with Gasteiger partial charge in [-0.15, -0.1) is 0 Å². The summed E-state index contributed by atoms with van der Waals surface area (Å²) >= 11 is 0. The summed E-state index contributed by atoms with van der Waals surface area (Å²) in [5.41, 5.74) is 1.94. The Morgan fingerprint density at radius 2 is 2.40 bits per heavy atom. The van der Waals surface area contributed by atoms with E-state index in [0.29, 0.717) is 6.61 Å². The van der Waals surface area contributed by atoms with E-state index in [9.17, 15) is 4.79 Å². The lowest BCUT2D eigenvalue weighted by atomic mass is 10.1. The van der Waals surface area contributed by atoms with Crippen molar-refractivity contribution in [1.29, 1.82) is 0 Å². The lowest BCUT2D eigenvalue weighted by Gasteiger charge is -2.13.